The fourth-order valence-electron chi connectivity index (χ4n) is 2.04. The van der Waals surface area contributed by atoms with Crippen LogP contribution in [0.25, 0.3) is 0 Å². The molecule has 0 aromatic carbocycles. The van der Waals surface area contributed by atoms with Gasteiger partial charge in [-0.15, -0.1) is 0 Å². The number of nitrogens with zero attached hydrogens (tertiary/aromatic N) is 2. The van der Waals surface area contributed by atoms with E-state index in [1.165, 1.54) is 17.5 Å². The molecule has 1 aliphatic heterocycles. The van der Waals surface area contributed by atoms with Crippen LogP contribution in [0.5, 0.6) is 0 Å². The Balaban J connectivity index is 1.93. The first-order valence-electron chi connectivity index (χ1n) is 5.63. The molecular formula is C11H16N2O3S. The van der Waals surface area contributed by atoms with Crippen LogP contribution in [0.3, 0.4) is 0 Å². The Morgan fingerprint density at radius 3 is 2.88 bits per heavy atom. The zero-order valence-corrected chi connectivity index (χ0v) is 10.6. The average Bonchev–Trinajstić information content (AvgIpc) is 2.80. The monoisotopic (exact) mass is 256 g/mol. The normalized spacial score (nSPS) is 17.4. The molecule has 0 atom stereocenters. The molecule has 0 radical (unpaired) electrons. The van der Waals surface area contributed by atoms with E-state index in [0.29, 0.717) is 10.8 Å². The van der Waals surface area contributed by atoms with E-state index >= 15 is 0 Å². The molecule has 0 unspecified atom stereocenters. The van der Waals surface area contributed by atoms with E-state index in [2.05, 4.69) is 9.88 Å². The van der Waals surface area contributed by atoms with Crippen molar-refractivity contribution in [2.45, 2.75) is 12.8 Å². The van der Waals surface area contributed by atoms with Crippen LogP contribution in [0.1, 0.15) is 22.5 Å². The second-order valence-corrected chi connectivity index (χ2v) is 5.21. The van der Waals surface area contributed by atoms with Crippen LogP contribution < -0.4 is 4.90 Å². The summed E-state index contributed by atoms with van der Waals surface area (Å²) in [6.45, 7) is 2.67. The van der Waals surface area contributed by atoms with Gasteiger partial charge in [-0.3, -0.25) is 0 Å². The molecule has 2 heterocycles. The van der Waals surface area contributed by atoms with Crippen molar-refractivity contribution in [2.75, 3.05) is 31.7 Å². The van der Waals surface area contributed by atoms with Gasteiger partial charge in [0.25, 0.3) is 0 Å². The number of aromatic carboxylic acids is 1. The maximum atomic E-state index is 10.8. The first kappa shape index (κ1) is 12.3. The van der Waals surface area contributed by atoms with Crippen LogP contribution in [0.2, 0.25) is 0 Å². The molecule has 6 heteroatoms. The molecule has 94 valence electrons. The third kappa shape index (κ3) is 2.95. The van der Waals surface area contributed by atoms with E-state index in [4.69, 9.17) is 9.84 Å². The predicted octanol–water partition coefficient (Wildman–Crippen LogP) is 1.70. The van der Waals surface area contributed by atoms with Crippen LogP contribution >= 0.6 is 11.3 Å². The zero-order valence-electron chi connectivity index (χ0n) is 9.76. The average molecular weight is 256 g/mol. The third-order valence-electron chi connectivity index (χ3n) is 2.99. The number of carboxylic acids is 1. The number of piperidine rings is 1. The second kappa shape index (κ2) is 5.46. The Bertz CT molecular complexity index is 386. The number of ether oxygens (including phenoxy) is 1. The summed E-state index contributed by atoms with van der Waals surface area (Å²) in [4.78, 5) is 17.4. The summed E-state index contributed by atoms with van der Waals surface area (Å²) in [5.41, 5.74) is 0. The predicted molar refractivity (Wildman–Crippen MR) is 65.9 cm³/mol. The lowest BCUT2D eigenvalue weighted by Crippen LogP contribution is -2.34. The van der Waals surface area contributed by atoms with Crippen LogP contribution in [-0.2, 0) is 4.74 Å². The summed E-state index contributed by atoms with van der Waals surface area (Å²) >= 11 is 1.25. The fraction of sp³-hybridized carbons (Fsp3) is 0.636. The number of rotatable bonds is 4. The van der Waals surface area contributed by atoms with Crippen molar-refractivity contribution in [3.8, 4) is 0 Å². The highest BCUT2D eigenvalue weighted by Gasteiger charge is 2.21. The number of hydrogen-bond donors (Lipinski definition) is 1. The summed E-state index contributed by atoms with van der Waals surface area (Å²) in [5.74, 6) is -0.279. The first-order chi connectivity index (χ1) is 8.20. The summed E-state index contributed by atoms with van der Waals surface area (Å²) in [6, 6.07) is 0. The van der Waals surface area contributed by atoms with E-state index in [9.17, 15) is 4.79 Å². The van der Waals surface area contributed by atoms with Gasteiger partial charge in [0.05, 0.1) is 6.20 Å². The molecule has 17 heavy (non-hydrogen) atoms. The van der Waals surface area contributed by atoms with Crippen LogP contribution in [0, 0.1) is 5.92 Å². The fourth-order valence-corrected chi connectivity index (χ4v) is 2.84. The standard InChI is InChI=1S/C11H16N2O3S/c1-16-7-8-2-4-13(5-3-8)11-12-6-9(17-11)10(14)15/h6,8H,2-5,7H2,1H3,(H,14,15). The van der Waals surface area contributed by atoms with Gasteiger partial charge in [-0.05, 0) is 18.8 Å². The molecular weight excluding hydrogens is 240 g/mol. The lowest BCUT2D eigenvalue weighted by atomic mass is 9.98. The number of carboxylic acid groups (broad SMARTS) is 1. The molecule has 1 saturated heterocycles. The molecule has 5 nitrogen and oxygen atoms in total. The highest BCUT2D eigenvalue weighted by molar-refractivity contribution is 7.17. The Labute approximate surface area is 104 Å². The molecule has 0 saturated carbocycles. The summed E-state index contributed by atoms with van der Waals surface area (Å²) < 4.78 is 5.15. The highest BCUT2D eigenvalue weighted by atomic mass is 32.1. The Kier molecular flexibility index (Phi) is 3.96. The largest absolute Gasteiger partial charge is 0.477 e. The van der Waals surface area contributed by atoms with Gasteiger partial charge in [0.2, 0.25) is 0 Å². The van der Waals surface area contributed by atoms with Gasteiger partial charge in [0.15, 0.2) is 5.13 Å². The number of hydrogen-bond acceptors (Lipinski definition) is 5. The maximum Gasteiger partial charge on any atom is 0.347 e. The van der Waals surface area contributed by atoms with E-state index in [-0.39, 0.29) is 0 Å². The van der Waals surface area contributed by atoms with E-state index in [0.717, 1.165) is 37.7 Å². The minimum atomic E-state index is -0.900. The summed E-state index contributed by atoms with van der Waals surface area (Å²) in [7, 11) is 1.73. The van der Waals surface area contributed by atoms with Gasteiger partial charge in [-0.25, -0.2) is 9.78 Å². The van der Waals surface area contributed by atoms with Gasteiger partial charge in [0, 0.05) is 26.8 Å². The highest BCUT2D eigenvalue weighted by Crippen LogP contribution is 2.27. The Morgan fingerprint density at radius 2 is 2.35 bits per heavy atom. The lowest BCUT2D eigenvalue weighted by Gasteiger charge is -2.31. The SMILES string of the molecule is COCC1CCN(c2ncc(C(=O)O)s2)CC1. The lowest BCUT2D eigenvalue weighted by molar-refractivity contribution is 0.0702. The third-order valence-corrected chi connectivity index (χ3v) is 4.04. The Morgan fingerprint density at radius 1 is 1.65 bits per heavy atom. The first-order valence-corrected chi connectivity index (χ1v) is 6.45. The number of carbonyl (C=O) groups is 1. The topological polar surface area (TPSA) is 62.7 Å². The van der Waals surface area contributed by atoms with Gasteiger partial charge >= 0.3 is 5.97 Å². The summed E-state index contributed by atoms with van der Waals surface area (Å²) in [6.07, 6.45) is 3.59. The smallest absolute Gasteiger partial charge is 0.347 e. The van der Waals surface area contributed by atoms with Crippen LogP contribution in [0.4, 0.5) is 5.13 Å². The molecule has 1 aromatic rings. The number of aromatic nitrogens is 1. The van der Waals surface area contributed by atoms with Gasteiger partial charge in [0.1, 0.15) is 4.88 Å². The van der Waals surface area contributed by atoms with Gasteiger partial charge in [-0.2, -0.15) is 0 Å². The molecule has 0 aliphatic carbocycles. The van der Waals surface area contributed by atoms with Crippen molar-refractivity contribution >= 4 is 22.4 Å². The molecule has 1 aromatic heterocycles. The van der Waals surface area contributed by atoms with Gasteiger partial charge < -0.3 is 14.7 Å². The number of thiazole rings is 1. The number of anilines is 1. The van der Waals surface area contributed by atoms with Crippen molar-refractivity contribution in [3.05, 3.63) is 11.1 Å². The van der Waals surface area contributed by atoms with Crippen molar-refractivity contribution < 1.29 is 14.6 Å². The van der Waals surface area contributed by atoms with Crippen LogP contribution in [-0.4, -0.2) is 42.9 Å². The molecule has 1 fully saturated rings. The maximum absolute atomic E-state index is 10.8. The second-order valence-electron chi connectivity index (χ2n) is 4.20. The van der Waals surface area contributed by atoms with Crippen molar-refractivity contribution in [1.82, 2.24) is 4.98 Å². The Hall–Kier alpha value is -1.14. The van der Waals surface area contributed by atoms with Crippen molar-refractivity contribution in [1.29, 1.82) is 0 Å². The molecule has 1 aliphatic rings. The minimum Gasteiger partial charge on any atom is -0.477 e. The molecule has 0 spiro atoms. The molecule has 0 bridgehead atoms. The zero-order chi connectivity index (χ0) is 12.3. The van der Waals surface area contributed by atoms with Crippen LogP contribution in [0.15, 0.2) is 6.20 Å². The molecule has 1 N–H and O–H groups in total. The van der Waals surface area contributed by atoms with E-state index < -0.39 is 5.97 Å². The van der Waals surface area contributed by atoms with Crippen molar-refractivity contribution in [3.63, 3.8) is 0 Å². The quantitative estimate of drug-likeness (QED) is 0.888. The minimum absolute atomic E-state index is 0.305. The molecule has 0 amide bonds. The summed E-state index contributed by atoms with van der Waals surface area (Å²) in [5, 5.41) is 9.66. The number of methoxy groups -OCH3 is 1. The van der Waals surface area contributed by atoms with E-state index in [1.807, 2.05) is 0 Å². The van der Waals surface area contributed by atoms with E-state index in [1.54, 1.807) is 7.11 Å². The molecule has 2 rings (SSSR count). The van der Waals surface area contributed by atoms with Gasteiger partial charge in [-0.1, -0.05) is 11.3 Å². The van der Waals surface area contributed by atoms with Crippen molar-refractivity contribution in [2.24, 2.45) is 5.92 Å².